The van der Waals surface area contributed by atoms with Crippen molar-refractivity contribution in [3.8, 4) is 0 Å². The van der Waals surface area contributed by atoms with Crippen LogP contribution >= 0.6 is 11.6 Å². The Morgan fingerprint density at radius 3 is 2.48 bits per heavy atom. The standard InChI is InChI=1S/C24H29ClN2O2.CH2O/c1-24(2,3)29-23(28)27-13-10-16(11-14-27)21-20-9-8-19(25)15-18(20)7-6-17-5-4-12-26-22(17)21;1-2/h4-5,8-9,12,15-16,21H,6-7,10-11,13-14H2,1-3H3;1H2. The number of aromatic nitrogens is 1. The second-order valence-corrected chi connectivity index (χ2v) is 9.61. The van der Waals surface area contributed by atoms with Gasteiger partial charge in [0.25, 0.3) is 0 Å². The van der Waals surface area contributed by atoms with Crippen molar-refractivity contribution in [2.75, 3.05) is 13.1 Å². The van der Waals surface area contributed by atoms with Gasteiger partial charge in [0.05, 0.1) is 5.69 Å². The number of aryl methyl sites for hydroxylation is 2. The number of ether oxygens (including phenoxy) is 1. The lowest BCUT2D eigenvalue weighted by atomic mass is 9.76. The van der Waals surface area contributed by atoms with Crippen molar-refractivity contribution in [3.05, 3.63) is 63.9 Å². The number of amides is 1. The van der Waals surface area contributed by atoms with E-state index in [0.717, 1.165) is 43.8 Å². The minimum atomic E-state index is -0.462. The number of fused-ring (bicyclic) bond motifs is 2. The minimum absolute atomic E-state index is 0.206. The average Bonchev–Trinajstić information content (AvgIpc) is 2.91. The van der Waals surface area contributed by atoms with Gasteiger partial charge in [0, 0.05) is 30.2 Å². The van der Waals surface area contributed by atoms with Crippen molar-refractivity contribution in [2.24, 2.45) is 5.92 Å². The van der Waals surface area contributed by atoms with Crippen LogP contribution in [0.25, 0.3) is 0 Å². The Hall–Kier alpha value is -2.40. The van der Waals surface area contributed by atoms with Crippen LogP contribution in [0.4, 0.5) is 4.79 Å². The van der Waals surface area contributed by atoms with Crippen molar-refractivity contribution in [3.63, 3.8) is 0 Å². The first-order valence-electron chi connectivity index (χ1n) is 10.8. The van der Waals surface area contributed by atoms with Crippen LogP contribution in [0.3, 0.4) is 0 Å². The molecule has 5 nitrogen and oxygen atoms in total. The van der Waals surface area contributed by atoms with Gasteiger partial charge in [-0.15, -0.1) is 0 Å². The molecular weight excluding hydrogens is 412 g/mol. The van der Waals surface area contributed by atoms with E-state index >= 15 is 0 Å². The van der Waals surface area contributed by atoms with E-state index in [4.69, 9.17) is 26.1 Å². The highest BCUT2D eigenvalue weighted by Gasteiger charge is 2.35. The zero-order valence-electron chi connectivity index (χ0n) is 18.6. The first-order valence-corrected chi connectivity index (χ1v) is 11.2. The number of benzene rings is 1. The van der Waals surface area contributed by atoms with Crippen molar-refractivity contribution in [1.29, 1.82) is 0 Å². The first-order chi connectivity index (χ1) is 14.8. The topological polar surface area (TPSA) is 59.5 Å². The van der Waals surface area contributed by atoms with Crippen LogP contribution in [0.5, 0.6) is 0 Å². The van der Waals surface area contributed by atoms with Crippen LogP contribution < -0.4 is 0 Å². The molecule has 4 rings (SSSR count). The summed E-state index contributed by atoms with van der Waals surface area (Å²) in [4.78, 5) is 27.1. The Balaban J connectivity index is 0.00000132. The number of carbonyl (C=O) groups excluding carboxylic acids is 2. The number of piperidine rings is 1. The molecule has 0 bridgehead atoms. The fourth-order valence-corrected chi connectivity index (χ4v) is 4.87. The molecule has 1 fully saturated rings. The molecule has 1 saturated heterocycles. The molecule has 1 atom stereocenters. The molecule has 0 spiro atoms. The van der Waals surface area contributed by atoms with Gasteiger partial charge in [-0.05, 0) is 87.3 Å². The first kappa shape index (κ1) is 23.3. The zero-order chi connectivity index (χ0) is 22.6. The zero-order valence-corrected chi connectivity index (χ0v) is 19.3. The molecule has 1 aliphatic heterocycles. The van der Waals surface area contributed by atoms with Crippen molar-refractivity contribution >= 4 is 24.5 Å². The van der Waals surface area contributed by atoms with E-state index in [9.17, 15) is 4.79 Å². The number of nitrogens with zero attached hydrogens (tertiary/aromatic N) is 2. The summed E-state index contributed by atoms with van der Waals surface area (Å²) < 4.78 is 5.56. The summed E-state index contributed by atoms with van der Waals surface area (Å²) in [5.74, 6) is 0.696. The van der Waals surface area contributed by atoms with Gasteiger partial charge in [-0.25, -0.2) is 4.79 Å². The number of carbonyl (C=O) groups is 2. The Bertz CT molecular complexity index is 917. The van der Waals surface area contributed by atoms with Crippen LogP contribution in [0, 0.1) is 5.92 Å². The SMILES string of the molecule is C=O.CC(C)(C)OC(=O)N1CCC(C2c3ccc(Cl)cc3CCc3cccnc32)CC1. The van der Waals surface area contributed by atoms with Crippen LogP contribution in [0.1, 0.15) is 61.9 Å². The highest BCUT2D eigenvalue weighted by Crippen LogP contribution is 2.42. The van der Waals surface area contributed by atoms with E-state index in [2.05, 4.69) is 18.2 Å². The van der Waals surface area contributed by atoms with Crippen LogP contribution in [0.2, 0.25) is 5.02 Å². The molecule has 0 saturated carbocycles. The van der Waals surface area contributed by atoms with E-state index in [1.165, 1.54) is 22.4 Å². The number of likely N-dealkylation sites (tertiary alicyclic amines) is 1. The summed E-state index contributed by atoms with van der Waals surface area (Å²) in [6, 6.07) is 10.5. The van der Waals surface area contributed by atoms with Gasteiger partial charge in [-0.3, -0.25) is 4.98 Å². The third-order valence-electron chi connectivity index (χ3n) is 5.99. The van der Waals surface area contributed by atoms with Crippen molar-refractivity contribution < 1.29 is 14.3 Å². The van der Waals surface area contributed by atoms with Gasteiger partial charge in [-0.1, -0.05) is 23.7 Å². The molecule has 1 aromatic heterocycles. The molecule has 1 amide bonds. The summed E-state index contributed by atoms with van der Waals surface area (Å²) >= 11 is 6.31. The van der Waals surface area contributed by atoms with Crippen LogP contribution in [0.15, 0.2) is 36.5 Å². The number of hydrogen-bond donors (Lipinski definition) is 0. The van der Waals surface area contributed by atoms with Crippen molar-refractivity contribution in [1.82, 2.24) is 9.88 Å². The predicted octanol–water partition coefficient (Wildman–Crippen LogP) is 5.43. The summed E-state index contributed by atoms with van der Waals surface area (Å²) in [5.41, 5.74) is 4.75. The van der Waals surface area contributed by atoms with Gasteiger partial charge in [-0.2, -0.15) is 0 Å². The summed E-state index contributed by atoms with van der Waals surface area (Å²) in [5, 5.41) is 0.793. The molecule has 6 heteroatoms. The third kappa shape index (κ3) is 5.45. The van der Waals surface area contributed by atoms with Gasteiger partial charge in [0.2, 0.25) is 0 Å². The Morgan fingerprint density at radius 1 is 1.13 bits per heavy atom. The Kier molecular flexibility index (Phi) is 7.37. The number of hydrogen-bond acceptors (Lipinski definition) is 4. The lowest BCUT2D eigenvalue weighted by Gasteiger charge is -2.37. The van der Waals surface area contributed by atoms with Crippen LogP contribution in [-0.2, 0) is 22.4 Å². The monoisotopic (exact) mass is 442 g/mol. The van der Waals surface area contributed by atoms with E-state index in [0.29, 0.717) is 5.92 Å². The second kappa shape index (κ2) is 9.82. The van der Waals surface area contributed by atoms with Gasteiger partial charge in [0.1, 0.15) is 12.4 Å². The molecule has 1 aromatic carbocycles. The highest BCUT2D eigenvalue weighted by molar-refractivity contribution is 6.30. The molecule has 2 heterocycles. The Morgan fingerprint density at radius 2 is 1.81 bits per heavy atom. The lowest BCUT2D eigenvalue weighted by Crippen LogP contribution is -2.42. The maximum Gasteiger partial charge on any atom is 0.410 e. The summed E-state index contributed by atoms with van der Waals surface area (Å²) in [7, 11) is 0. The van der Waals surface area contributed by atoms with Gasteiger partial charge >= 0.3 is 6.09 Å². The fourth-order valence-electron chi connectivity index (χ4n) is 4.67. The summed E-state index contributed by atoms with van der Waals surface area (Å²) in [6.45, 7) is 9.18. The van der Waals surface area contributed by atoms with E-state index in [1.807, 2.05) is 50.8 Å². The smallest absolute Gasteiger partial charge is 0.410 e. The number of halogens is 1. The third-order valence-corrected chi connectivity index (χ3v) is 6.22. The molecule has 1 aliphatic carbocycles. The largest absolute Gasteiger partial charge is 0.444 e. The van der Waals surface area contributed by atoms with Crippen molar-refractivity contribution in [2.45, 2.75) is 58.0 Å². The molecule has 0 radical (unpaired) electrons. The second-order valence-electron chi connectivity index (χ2n) is 9.17. The Labute approximate surface area is 189 Å². The van der Waals surface area contributed by atoms with E-state index in [1.54, 1.807) is 0 Å². The predicted molar refractivity (Wildman–Crippen MR) is 123 cm³/mol. The average molecular weight is 443 g/mol. The number of rotatable bonds is 1. The van der Waals surface area contributed by atoms with Crippen LogP contribution in [-0.4, -0.2) is 41.5 Å². The highest BCUT2D eigenvalue weighted by atomic mass is 35.5. The quantitative estimate of drug-likeness (QED) is 0.591. The lowest BCUT2D eigenvalue weighted by molar-refractivity contribution is -0.0980. The van der Waals surface area contributed by atoms with Gasteiger partial charge < -0.3 is 14.4 Å². The molecule has 1 unspecified atom stereocenters. The molecule has 0 N–H and O–H groups in total. The van der Waals surface area contributed by atoms with E-state index in [-0.39, 0.29) is 12.0 Å². The maximum atomic E-state index is 12.5. The number of pyridine rings is 1. The molecular formula is C25H31ClN2O3. The molecule has 2 aromatic rings. The molecule has 31 heavy (non-hydrogen) atoms. The molecule has 2 aliphatic rings. The minimum Gasteiger partial charge on any atom is -0.444 e. The maximum absolute atomic E-state index is 12.5. The fraction of sp³-hybridized carbons (Fsp3) is 0.480. The summed E-state index contributed by atoms with van der Waals surface area (Å²) in [6.07, 6.45) is 5.57. The normalized spacial score (nSPS) is 18.7. The van der Waals surface area contributed by atoms with Gasteiger partial charge in [0.15, 0.2) is 0 Å². The van der Waals surface area contributed by atoms with E-state index < -0.39 is 5.60 Å². The molecule has 166 valence electrons.